The molecule has 0 atom stereocenters. The van der Waals surface area contributed by atoms with Crippen LogP contribution in [-0.2, 0) is 10.0 Å². The van der Waals surface area contributed by atoms with Crippen LogP contribution in [0.4, 0.5) is 5.69 Å². The predicted octanol–water partition coefficient (Wildman–Crippen LogP) is 2.02. The number of rotatable bonds is 3. The number of para-hydroxylation sites is 1. The van der Waals surface area contributed by atoms with Gasteiger partial charge in [-0.1, -0.05) is 24.3 Å². The summed E-state index contributed by atoms with van der Waals surface area (Å²) in [4.78, 5) is 9.82. The Bertz CT molecular complexity index is 622. The highest BCUT2D eigenvalue weighted by Gasteiger charge is 2.28. The summed E-state index contributed by atoms with van der Waals surface area (Å²) in [5, 5.41) is 10.8. The van der Waals surface area contributed by atoms with E-state index in [9.17, 15) is 18.5 Å². The van der Waals surface area contributed by atoms with Gasteiger partial charge in [-0.3, -0.25) is 10.1 Å². The molecule has 0 saturated carbocycles. The van der Waals surface area contributed by atoms with E-state index < -0.39 is 20.6 Å². The van der Waals surface area contributed by atoms with Crippen LogP contribution in [0.2, 0.25) is 0 Å². The molecule has 0 spiro atoms. The van der Waals surface area contributed by atoms with E-state index in [2.05, 4.69) is 0 Å². The second kappa shape index (κ2) is 4.61. The van der Waals surface area contributed by atoms with Crippen molar-refractivity contribution in [2.24, 2.45) is 0 Å². The fourth-order valence-electron chi connectivity index (χ4n) is 1.56. The molecule has 18 heavy (non-hydrogen) atoms. The quantitative estimate of drug-likeness (QED) is 0.619. The lowest BCUT2D eigenvalue weighted by Gasteiger charge is -2.17. The number of benzene rings is 1. The molecule has 1 aliphatic heterocycles. The molecule has 2 rings (SSSR count). The minimum absolute atomic E-state index is 0.314. The largest absolute Gasteiger partial charge is 0.289 e. The number of nitro benzene ring substituents is 1. The van der Waals surface area contributed by atoms with Gasteiger partial charge in [-0.15, -0.1) is 0 Å². The lowest BCUT2D eigenvalue weighted by atomic mass is 10.3. The van der Waals surface area contributed by atoms with Crippen molar-refractivity contribution in [3.05, 3.63) is 58.9 Å². The lowest BCUT2D eigenvalue weighted by molar-refractivity contribution is -0.387. The van der Waals surface area contributed by atoms with Gasteiger partial charge in [-0.05, 0) is 12.5 Å². The molecule has 0 aliphatic carbocycles. The highest BCUT2D eigenvalue weighted by Crippen LogP contribution is 2.27. The zero-order chi connectivity index (χ0) is 13.2. The van der Waals surface area contributed by atoms with Gasteiger partial charge in [0.1, 0.15) is 0 Å². The molecule has 1 aromatic rings. The van der Waals surface area contributed by atoms with Crippen LogP contribution < -0.4 is 0 Å². The Morgan fingerprint density at radius 3 is 2.39 bits per heavy atom. The van der Waals surface area contributed by atoms with Gasteiger partial charge in [-0.25, -0.2) is 12.7 Å². The molecule has 0 saturated heterocycles. The van der Waals surface area contributed by atoms with Gasteiger partial charge in [0.05, 0.1) is 4.92 Å². The SMILES string of the molecule is O=[N+]([O-])c1ccccc1S(=O)(=O)N1C=CCC=C1. The van der Waals surface area contributed by atoms with Gasteiger partial charge in [0, 0.05) is 18.5 Å². The Labute approximate surface area is 104 Å². The summed E-state index contributed by atoms with van der Waals surface area (Å²) < 4.78 is 25.4. The van der Waals surface area contributed by atoms with Crippen molar-refractivity contribution in [2.45, 2.75) is 11.3 Å². The Morgan fingerprint density at radius 1 is 1.17 bits per heavy atom. The Balaban J connectivity index is 2.54. The van der Waals surface area contributed by atoms with Gasteiger partial charge in [0.25, 0.3) is 15.7 Å². The van der Waals surface area contributed by atoms with Gasteiger partial charge < -0.3 is 0 Å². The minimum atomic E-state index is -3.92. The van der Waals surface area contributed by atoms with Crippen LogP contribution in [0.1, 0.15) is 6.42 Å². The second-order valence-corrected chi connectivity index (χ2v) is 5.38. The van der Waals surface area contributed by atoms with E-state index in [4.69, 9.17) is 0 Å². The average Bonchev–Trinajstić information content (AvgIpc) is 2.39. The molecule has 1 aliphatic rings. The van der Waals surface area contributed by atoms with Crippen molar-refractivity contribution >= 4 is 15.7 Å². The first kappa shape index (κ1) is 12.3. The number of sulfonamides is 1. The third-order valence-electron chi connectivity index (χ3n) is 2.39. The van der Waals surface area contributed by atoms with Crippen LogP contribution >= 0.6 is 0 Å². The molecule has 6 nitrogen and oxygen atoms in total. The molecule has 0 amide bonds. The van der Waals surface area contributed by atoms with Crippen molar-refractivity contribution in [2.75, 3.05) is 0 Å². The summed E-state index contributed by atoms with van der Waals surface area (Å²) in [6, 6.07) is 5.28. The van der Waals surface area contributed by atoms with Crippen LogP contribution in [0.15, 0.2) is 53.7 Å². The molecule has 0 bridgehead atoms. The summed E-state index contributed by atoms with van der Waals surface area (Å²) >= 11 is 0. The van der Waals surface area contributed by atoms with Crippen molar-refractivity contribution in [1.82, 2.24) is 4.31 Å². The molecule has 0 radical (unpaired) electrons. The number of nitrogens with zero attached hydrogens (tertiary/aromatic N) is 2. The molecular formula is C11H10N2O4S. The minimum Gasteiger partial charge on any atom is -0.258 e. The molecule has 0 unspecified atom stereocenters. The average molecular weight is 266 g/mol. The topological polar surface area (TPSA) is 80.5 Å². The maximum Gasteiger partial charge on any atom is 0.289 e. The maximum absolute atomic E-state index is 12.2. The van der Waals surface area contributed by atoms with Crippen LogP contribution in [0, 0.1) is 10.1 Å². The van der Waals surface area contributed by atoms with Crippen LogP contribution in [0.5, 0.6) is 0 Å². The van der Waals surface area contributed by atoms with Crippen molar-refractivity contribution in [1.29, 1.82) is 0 Å². The smallest absolute Gasteiger partial charge is 0.258 e. The highest BCUT2D eigenvalue weighted by atomic mass is 32.2. The van der Waals surface area contributed by atoms with Crippen LogP contribution in [0.25, 0.3) is 0 Å². The number of hydrogen-bond donors (Lipinski definition) is 0. The number of nitro groups is 1. The first-order chi connectivity index (χ1) is 8.53. The molecule has 0 N–H and O–H groups in total. The molecule has 7 heteroatoms. The Kier molecular flexibility index (Phi) is 3.15. The molecule has 94 valence electrons. The molecular weight excluding hydrogens is 256 g/mol. The highest BCUT2D eigenvalue weighted by molar-refractivity contribution is 7.89. The zero-order valence-electron chi connectivity index (χ0n) is 9.26. The molecule has 0 fully saturated rings. The molecule has 0 aromatic heterocycles. The third kappa shape index (κ3) is 2.12. The first-order valence-corrected chi connectivity index (χ1v) is 6.58. The van der Waals surface area contributed by atoms with Gasteiger partial charge in [0.2, 0.25) is 0 Å². The standard InChI is InChI=1S/C11H10N2O4S/c14-13(15)10-6-2-3-7-11(10)18(16,17)12-8-4-1-5-9-12/h2-9H,1H2. The lowest BCUT2D eigenvalue weighted by Crippen LogP contribution is -2.22. The maximum atomic E-state index is 12.2. The van der Waals surface area contributed by atoms with E-state index in [-0.39, 0.29) is 4.90 Å². The van der Waals surface area contributed by atoms with Gasteiger partial charge in [0.15, 0.2) is 4.90 Å². The third-order valence-corrected chi connectivity index (χ3v) is 4.09. The summed E-state index contributed by atoms with van der Waals surface area (Å²) in [5.41, 5.74) is -0.426. The Hall–Kier alpha value is -2.15. The fraction of sp³-hybridized carbons (Fsp3) is 0.0909. The van der Waals surface area contributed by atoms with Gasteiger partial charge in [-0.2, -0.15) is 0 Å². The summed E-state index contributed by atoms with van der Waals surface area (Å²) in [5.74, 6) is 0. The summed E-state index contributed by atoms with van der Waals surface area (Å²) in [6.07, 6.45) is 6.72. The number of hydrogen-bond acceptors (Lipinski definition) is 4. The van der Waals surface area contributed by atoms with E-state index in [1.807, 2.05) is 0 Å². The predicted molar refractivity (Wildman–Crippen MR) is 65.0 cm³/mol. The summed E-state index contributed by atoms with van der Waals surface area (Å²) in [6.45, 7) is 0. The van der Waals surface area contributed by atoms with E-state index in [0.29, 0.717) is 6.42 Å². The first-order valence-electron chi connectivity index (χ1n) is 5.14. The van der Waals surface area contributed by atoms with Crippen LogP contribution in [-0.4, -0.2) is 17.6 Å². The number of allylic oxidation sites excluding steroid dienone is 2. The van der Waals surface area contributed by atoms with Crippen LogP contribution in [0.3, 0.4) is 0 Å². The van der Waals surface area contributed by atoms with Crippen molar-refractivity contribution in [3.8, 4) is 0 Å². The molecule has 1 heterocycles. The van der Waals surface area contributed by atoms with Crippen molar-refractivity contribution < 1.29 is 13.3 Å². The monoisotopic (exact) mass is 266 g/mol. The van der Waals surface area contributed by atoms with Crippen molar-refractivity contribution in [3.63, 3.8) is 0 Å². The van der Waals surface area contributed by atoms with Gasteiger partial charge >= 0.3 is 0 Å². The normalized spacial score (nSPS) is 14.8. The van der Waals surface area contributed by atoms with E-state index >= 15 is 0 Å². The van der Waals surface area contributed by atoms with E-state index in [1.165, 1.54) is 36.7 Å². The molecule has 1 aromatic carbocycles. The Morgan fingerprint density at radius 2 is 1.78 bits per heavy atom. The second-order valence-electron chi connectivity index (χ2n) is 3.57. The van der Waals surface area contributed by atoms with E-state index in [0.717, 1.165) is 4.31 Å². The zero-order valence-corrected chi connectivity index (χ0v) is 10.1. The fourth-order valence-corrected chi connectivity index (χ4v) is 2.93. The van der Waals surface area contributed by atoms with E-state index in [1.54, 1.807) is 12.2 Å². The summed E-state index contributed by atoms with van der Waals surface area (Å²) in [7, 11) is -3.92.